The highest BCUT2D eigenvalue weighted by Gasteiger charge is 2.35. The van der Waals surface area contributed by atoms with E-state index in [1.165, 1.54) is 28.0 Å². The van der Waals surface area contributed by atoms with Gasteiger partial charge in [0.1, 0.15) is 24.2 Å². The van der Waals surface area contributed by atoms with Crippen molar-refractivity contribution >= 4 is 50.9 Å². The molecule has 4 aromatic rings. The lowest BCUT2D eigenvalue weighted by Crippen LogP contribution is -2.40. The lowest BCUT2D eigenvalue weighted by Gasteiger charge is -2.26. The van der Waals surface area contributed by atoms with E-state index in [4.69, 9.17) is 25.8 Å². The molecule has 0 aliphatic carbocycles. The van der Waals surface area contributed by atoms with Gasteiger partial charge in [-0.1, -0.05) is 53.3 Å². The van der Waals surface area contributed by atoms with Crippen LogP contribution in [0.25, 0.3) is 6.08 Å². The second-order valence-electron chi connectivity index (χ2n) is 10.2. The maximum Gasteiger partial charge on any atom is 0.338 e. The van der Waals surface area contributed by atoms with Gasteiger partial charge in [0.2, 0.25) is 0 Å². The number of nitrogens with zero attached hydrogens (tertiary/aromatic N) is 2. The Morgan fingerprint density at radius 2 is 1.95 bits per heavy atom. The van der Waals surface area contributed by atoms with Crippen LogP contribution in [-0.4, -0.2) is 23.2 Å². The molecule has 5 rings (SSSR count). The SMILES string of the molecule is CCOC(=O)C1=C(C)N=c2s/c(=C/c3cc(Cl)c(OCc4cccc(F)c4)c(Br)c3)c(=O)n2[C@H]1c1ccccc1OC(C)C. The molecule has 1 aliphatic rings. The minimum absolute atomic E-state index is 0.123. The summed E-state index contributed by atoms with van der Waals surface area (Å²) >= 11 is 11.3. The Morgan fingerprint density at radius 3 is 2.66 bits per heavy atom. The Bertz CT molecular complexity index is 1930. The molecule has 1 aromatic heterocycles. The fourth-order valence-corrected chi connectivity index (χ4v) is 6.92. The highest BCUT2D eigenvalue weighted by Crippen LogP contribution is 2.37. The number of ether oxygens (including phenoxy) is 3. The number of carbonyl (C=O) groups is 1. The normalized spacial score (nSPS) is 14.8. The molecule has 7 nitrogen and oxygen atoms in total. The van der Waals surface area contributed by atoms with Gasteiger partial charge < -0.3 is 14.2 Å². The van der Waals surface area contributed by atoms with Gasteiger partial charge in [0, 0.05) is 5.56 Å². The number of para-hydroxylation sites is 1. The van der Waals surface area contributed by atoms with Crippen LogP contribution in [0.2, 0.25) is 5.02 Å². The van der Waals surface area contributed by atoms with Gasteiger partial charge in [-0.05, 0) is 91.2 Å². The van der Waals surface area contributed by atoms with E-state index in [2.05, 4.69) is 20.9 Å². The summed E-state index contributed by atoms with van der Waals surface area (Å²) in [5.41, 5.74) is 2.36. The van der Waals surface area contributed by atoms with E-state index in [1.807, 2.05) is 38.1 Å². The molecular formula is C33H29BrClFN2O5S. The number of halogens is 3. The number of thiazole rings is 1. The Kier molecular flexibility index (Phi) is 9.72. The highest BCUT2D eigenvalue weighted by molar-refractivity contribution is 9.10. The summed E-state index contributed by atoms with van der Waals surface area (Å²) in [6.07, 6.45) is 1.58. The van der Waals surface area contributed by atoms with E-state index in [1.54, 1.807) is 44.2 Å². The van der Waals surface area contributed by atoms with Gasteiger partial charge >= 0.3 is 5.97 Å². The van der Waals surface area contributed by atoms with Gasteiger partial charge in [0.15, 0.2) is 10.6 Å². The van der Waals surface area contributed by atoms with E-state index in [-0.39, 0.29) is 36.3 Å². The quantitative estimate of drug-likeness (QED) is 0.181. The molecule has 1 atom stereocenters. The number of esters is 1. The molecular weight excluding hydrogens is 671 g/mol. The van der Waals surface area contributed by atoms with Crippen LogP contribution in [0.4, 0.5) is 4.39 Å². The van der Waals surface area contributed by atoms with Crippen molar-refractivity contribution in [1.29, 1.82) is 0 Å². The fourth-order valence-electron chi connectivity index (χ4n) is 4.89. The molecule has 3 aromatic carbocycles. The molecule has 0 amide bonds. The lowest BCUT2D eigenvalue weighted by atomic mass is 9.95. The molecule has 0 N–H and O–H groups in total. The molecule has 0 unspecified atom stereocenters. The zero-order valence-electron chi connectivity index (χ0n) is 24.4. The predicted molar refractivity (Wildman–Crippen MR) is 172 cm³/mol. The number of allylic oxidation sites excluding steroid dienone is 1. The van der Waals surface area contributed by atoms with Crippen molar-refractivity contribution < 1.29 is 23.4 Å². The van der Waals surface area contributed by atoms with Crippen molar-refractivity contribution in [3.63, 3.8) is 0 Å². The molecule has 0 spiro atoms. The summed E-state index contributed by atoms with van der Waals surface area (Å²) in [6.45, 7) is 7.59. The van der Waals surface area contributed by atoms with Crippen molar-refractivity contribution in [3.8, 4) is 11.5 Å². The van der Waals surface area contributed by atoms with Gasteiger partial charge in [-0.15, -0.1) is 0 Å². The molecule has 1 aliphatic heterocycles. The maximum atomic E-state index is 14.1. The lowest BCUT2D eigenvalue weighted by molar-refractivity contribution is -0.139. The number of hydrogen-bond acceptors (Lipinski definition) is 7. The topological polar surface area (TPSA) is 79.1 Å². The van der Waals surface area contributed by atoms with Crippen LogP contribution in [0.1, 0.15) is 50.4 Å². The van der Waals surface area contributed by atoms with Crippen molar-refractivity contribution in [2.75, 3.05) is 6.61 Å². The van der Waals surface area contributed by atoms with E-state index in [0.29, 0.717) is 52.7 Å². The summed E-state index contributed by atoms with van der Waals surface area (Å²) in [4.78, 5) is 32.4. The van der Waals surface area contributed by atoms with Gasteiger partial charge in [0.05, 0.1) is 38.0 Å². The van der Waals surface area contributed by atoms with Gasteiger partial charge in [0.25, 0.3) is 5.56 Å². The predicted octanol–water partition coefficient (Wildman–Crippen LogP) is 6.72. The Hall–Kier alpha value is -3.73. The smallest absolute Gasteiger partial charge is 0.338 e. The first-order valence-electron chi connectivity index (χ1n) is 13.9. The number of aromatic nitrogens is 1. The molecule has 0 saturated carbocycles. The maximum absolute atomic E-state index is 14.1. The van der Waals surface area contributed by atoms with Crippen molar-refractivity contribution in [1.82, 2.24) is 4.57 Å². The summed E-state index contributed by atoms with van der Waals surface area (Å²) in [7, 11) is 0. The fraction of sp³-hybridized carbons (Fsp3) is 0.242. The number of carbonyl (C=O) groups excluding carboxylic acids is 1. The summed E-state index contributed by atoms with van der Waals surface area (Å²) in [5.74, 6) is 0.0573. The second kappa shape index (κ2) is 13.5. The summed E-state index contributed by atoms with van der Waals surface area (Å²) in [6, 6.07) is 16.1. The average Bonchev–Trinajstić information content (AvgIpc) is 3.26. The molecule has 0 radical (unpaired) electrons. The molecule has 0 saturated heterocycles. The molecule has 11 heteroatoms. The van der Waals surface area contributed by atoms with E-state index >= 15 is 0 Å². The highest BCUT2D eigenvalue weighted by atomic mass is 79.9. The van der Waals surface area contributed by atoms with Crippen molar-refractivity contribution in [2.24, 2.45) is 4.99 Å². The van der Waals surface area contributed by atoms with E-state index in [9.17, 15) is 14.0 Å². The first kappa shape index (κ1) is 31.7. The zero-order valence-corrected chi connectivity index (χ0v) is 27.6. The van der Waals surface area contributed by atoms with Gasteiger partial charge in [-0.25, -0.2) is 14.2 Å². The van der Waals surface area contributed by atoms with Crippen LogP contribution < -0.4 is 24.4 Å². The molecule has 0 fully saturated rings. The number of fused-ring (bicyclic) bond motifs is 1. The number of hydrogen-bond donors (Lipinski definition) is 0. The van der Waals surface area contributed by atoms with Crippen LogP contribution >= 0.6 is 38.9 Å². The van der Waals surface area contributed by atoms with Gasteiger partial charge in [-0.2, -0.15) is 0 Å². The first-order valence-corrected chi connectivity index (χ1v) is 15.9. The molecule has 0 bridgehead atoms. The minimum atomic E-state index is -0.809. The van der Waals surface area contributed by atoms with Crippen LogP contribution in [0, 0.1) is 5.82 Å². The average molecular weight is 700 g/mol. The molecule has 228 valence electrons. The second-order valence-corrected chi connectivity index (χ2v) is 12.5. The van der Waals surface area contributed by atoms with Crippen LogP contribution in [0.5, 0.6) is 11.5 Å². The monoisotopic (exact) mass is 698 g/mol. The van der Waals surface area contributed by atoms with Crippen molar-refractivity contribution in [2.45, 2.75) is 46.4 Å². The third-order valence-corrected chi connectivity index (χ3v) is 8.54. The summed E-state index contributed by atoms with van der Waals surface area (Å²) < 4.78 is 33.4. The van der Waals surface area contributed by atoms with E-state index < -0.39 is 12.0 Å². The van der Waals surface area contributed by atoms with Crippen LogP contribution in [0.15, 0.2) is 86.2 Å². The Labute approximate surface area is 271 Å². The third-order valence-electron chi connectivity index (χ3n) is 6.68. The Morgan fingerprint density at radius 1 is 1.18 bits per heavy atom. The van der Waals surface area contributed by atoms with Crippen molar-refractivity contribution in [3.05, 3.63) is 124 Å². The standard InChI is InChI=1S/C33H29BrClFN2O5S/c1-5-41-32(40)28-19(4)37-33-38(29(28)23-11-6-7-12-26(23)43-18(2)3)31(39)27(44-33)16-21-14-24(34)30(25(35)15-21)42-17-20-9-8-10-22(36)13-20/h6-16,18,29H,5,17H2,1-4H3/b27-16+/t29-/m0/s1. The van der Waals surface area contributed by atoms with Gasteiger partial charge in [-0.3, -0.25) is 9.36 Å². The number of rotatable bonds is 9. The summed E-state index contributed by atoms with van der Waals surface area (Å²) in [5, 5.41) is 0.313. The molecule has 44 heavy (non-hydrogen) atoms. The van der Waals surface area contributed by atoms with E-state index in [0.717, 1.165) is 0 Å². The first-order chi connectivity index (χ1) is 21.1. The number of benzene rings is 3. The molecule has 2 heterocycles. The largest absolute Gasteiger partial charge is 0.491 e. The third kappa shape index (κ3) is 6.67. The zero-order chi connectivity index (χ0) is 31.5. The van der Waals surface area contributed by atoms with Crippen LogP contribution in [0.3, 0.4) is 0 Å². The van der Waals surface area contributed by atoms with Crippen LogP contribution in [-0.2, 0) is 16.1 Å². The Balaban J connectivity index is 1.59. The minimum Gasteiger partial charge on any atom is -0.491 e.